The Labute approximate surface area is 124 Å². The second-order valence-electron chi connectivity index (χ2n) is 5.36. The quantitative estimate of drug-likeness (QED) is 0.895. The van der Waals surface area contributed by atoms with E-state index in [9.17, 15) is 14.7 Å². The van der Waals surface area contributed by atoms with Crippen molar-refractivity contribution in [1.29, 1.82) is 0 Å². The average molecular weight is 294 g/mol. The predicted molar refractivity (Wildman–Crippen MR) is 77.0 cm³/mol. The van der Waals surface area contributed by atoms with Gasteiger partial charge < -0.3 is 19.3 Å². The number of piperazine rings is 1. The predicted octanol–water partition coefficient (Wildman–Crippen LogP) is 0.816. The van der Waals surface area contributed by atoms with Crippen LogP contribution in [0.25, 0.3) is 0 Å². The molecule has 2 heterocycles. The molecule has 0 bridgehead atoms. The van der Waals surface area contributed by atoms with Crippen LogP contribution in [0.4, 0.5) is 0 Å². The number of rotatable bonds is 3. The van der Waals surface area contributed by atoms with Crippen LogP contribution in [-0.2, 0) is 11.2 Å². The lowest BCUT2D eigenvalue weighted by atomic mass is 10.2. The summed E-state index contributed by atoms with van der Waals surface area (Å²) in [5.74, 6) is 0.770. The molecule has 1 aromatic heterocycles. The monoisotopic (exact) mass is 294 g/mol. The SMILES string of the molecule is CCc1oc(C(=O)N2CCN(C(=O)C(C)O)CC2)cc1C. The number of carbonyl (C=O) groups is 2. The Bertz CT molecular complexity index is 528. The molecule has 21 heavy (non-hydrogen) atoms. The second-order valence-corrected chi connectivity index (χ2v) is 5.36. The molecule has 116 valence electrons. The third-order valence-corrected chi connectivity index (χ3v) is 3.79. The van der Waals surface area contributed by atoms with Gasteiger partial charge >= 0.3 is 0 Å². The molecule has 1 saturated heterocycles. The fourth-order valence-electron chi connectivity index (χ4n) is 2.53. The number of amides is 2. The Morgan fingerprint density at radius 3 is 2.33 bits per heavy atom. The summed E-state index contributed by atoms with van der Waals surface area (Å²) >= 11 is 0. The third kappa shape index (κ3) is 3.26. The summed E-state index contributed by atoms with van der Waals surface area (Å²) in [5, 5.41) is 9.30. The average Bonchev–Trinajstić information content (AvgIpc) is 2.87. The number of aliphatic hydroxyl groups is 1. The van der Waals surface area contributed by atoms with Crippen LogP contribution in [0, 0.1) is 6.92 Å². The van der Waals surface area contributed by atoms with E-state index in [1.165, 1.54) is 6.92 Å². The highest BCUT2D eigenvalue weighted by Gasteiger charge is 2.28. The molecule has 6 heteroatoms. The van der Waals surface area contributed by atoms with E-state index in [0.717, 1.165) is 17.7 Å². The van der Waals surface area contributed by atoms with Gasteiger partial charge in [0.15, 0.2) is 5.76 Å². The van der Waals surface area contributed by atoms with Crippen molar-refractivity contribution in [3.05, 3.63) is 23.2 Å². The molecule has 2 rings (SSSR count). The standard InChI is InChI=1S/C15H22N2O4/c1-4-12-10(2)9-13(21-12)15(20)17-7-5-16(6-8-17)14(19)11(3)18/h9,11,18H,4-8H2,1-3H3. The molecule has 1 N–H and O–H groups in total. The van der Waals surface area contributed by atoms with Crippen molar-refractivity contribution in [2.24, 2.45) is 0 Å². The van der Waals surface area contributed by atoms with Gasteiger partial charge in [-0.25, -0.2) is 0 Å². The molecule has 0 aromatic carbocycles. The summed E-state index contributed by atoms with van der Waals surface area (Å²) in [4.78, 5) is 27.3. The Balaban J connectivity index is 1.98. The van der Waals surface area contributed by atoms with E-state index < -0.39 is 6.10 Å². The summed E-state index contributed by atoms with van der Waals surface area (Å²) in [5.41, 5.74) is 0.990. The zero-order chi connectivity index (χ0) is 15.6. The largest absolute Gasteiger partial charge is 0.456 e. The van der Waals surface area contributed by atoms with E-state index in [1.54, 1.807) is 15.9 Å². The number of carbonyl (C=O) groups excluding carboxylic acids is 2. The molecular formula is C15H22N2O4. The third-order valence-electron chi connectivity index (χ3n) is 3.79. The Hall–Kier alpha value is -1.82. The summed E-state index contributed by atoms with van der Waals surface area (Å²) in [6, 6.07) is 1.77. The first-order valence-corrected chi connectivity index (χ1v) is 7.29. The van der Waals surface area contributed by atoms with Crippen LogP contribution in [0.5, 0.6) is 0 Å². The molecule has 0 spiro atoms. The van der Waals surface area contributed by atoms with Crippen molar-refractivity contribution >= 4 is 11.8 Å². The van der Waals surface area contributed by atoms with Gasteiger partial charge in [-0.15, -0.1) is 0 Å². The van der Waals surface area contributed by atoms with Gasteiger partial charge in [-0.05, 0) is 25.5 Å². The zero-order valence-corrected chi connectivity index (χ0v) is 12.8. The first kappa shape index (κ1) is 15.6. The van der Waals surface area contributed by atoms with E-state index in [1.807, 2.05) is 13.8 Å². The topological polar surface area (TPSA) is 74.0 Å². The minimum atomic E-state index is -0.993. The van der Waals surface area contributed by atoms with E-state index in [4.69, 9.17) is 4.42 Å². The lowest BCUT2D eigenvalue weighted by molar-refractivity contribution is -0.140. The maximum Gasteiger partial charge on any atom is 0.289 e. The van der Waals surface area contributed by atoms with Crippen LogP contribution in [0.1, 0.15) is 35.7 Å². The van der Waals surface area contributed by atoms with Gasteiger partial charge in [0, 0.05) is 32.6 Å². The van der Waals surface area contributed by atoms with Gasteiger partial charge in [-0.1, -0.05) is 6.92 Å². The van der Waals surface area contributed by atoms with Gasteiger partial charge in [-0.3, -0.25) is 9.59 Å². The Morgan fingerprint density at radius 1 is 1.29 bits per heavy atom. The summed E-state index contributed by atoms with van der Waals surface area (Å²) in [7, 11) is 0. The Kier molecular flexibility index (Phi) is 4.67. The summed E-state index contributed by atoms with van der Waals surface area (Å²) in [6.07, 6.45) is -0.234. The van der Waals surface area contributed by atoms with Crippen LogP contribution in [0.3, 0.4) is 0 Å². The van der Waals surface area contributed by atoms with Gasteiger partial charge in [0.1, 0.15) is 11.9 Å². The summed E-state index contributed by atoms with van der Waals surface area (Å²) in [6.45, 7) is 7.17. The molecular weight excluding hydrogens is 272 g/mol. The second kappa shape index (κ2) is 6.30. The van der Waals surface area contributed by atoms with Crippen LogP contribution >= 0.6 is 0 Å². The van der Waals surface area contributed by atoms with E-state index in [0.29, 0.717) is 31.9 Å². The molecule has 1 aliphatic heterocycles. The van der Waals surface area contributed by atoms with Crippen LogP contribution < -0.4 is 0 Å². The number of hydrogen-bond donors (Lipinski definition) is 1. The molecule has 1 fully saturated rings. The molecule has 0 radical (unpaired) electrons. The minimum absolute atomic E-state index is 0.137. The number of nitrogens with zero attached hydrogens (tertiary/aromatic N) is 2. The smallest absolute Gasteiger partial charge is 0.289 e. The first-order valence-electron chi connectivity index (χ1n) is 7.29. The lowest BCUT2D eigenvalue weighted by Gasteiger charge is -2.34. The van der Waals surface area contributed by atoms with Crippen molar-refractivity contribution in [2.45, 2.75) is 33.3 Å². The maximum absolute atomic E-state index is 12.4. The van der Waals surface area contributed by atoms with Gasteiger partial charge in [-0.2, -0.15) is 0 Å². The highest BCUT2D eigenvalue weighted by Crippen LogP contribution is 2.18. The number of hydrogen-bond acceptors (Lipinski definition) is 4. The number of aryl methyl sites for hydroxylation is 2. The van der Waals surface area contributed by atoms with Crippen molar-refractivity contribution < 1.29 is 19.1 Å². The van der Waals surface area contributed by atoms with E-state index in [-0.39, 0.29) is 11.8 Å². The molecule has 6 nitrogen and oxygen atoms in total. The summed E-state index contributed by atoms with van der Waals surface area (Å²) < 4.78 is 5.58. The molecule has 0 aliphatic carbocycles. The van der Waals surface area contributed by atoms with E-state index >= 15 is 0 Å². The van der Waals surface area contributed by atoms with Crippen molar-refractivity contribution in [1.82, 2.24) is 9.80 Å². The molecule has 1 aromatic rings. The van der Waals surface area contributed by atoms with Gasteiger partial charge in [0.2, 0.25) is 0 Å². The molecule has 2 amide bonds. The lowest BCUT2D eigenvalue weighted by Crippen LogP contribution is -2.52. The van der Waals surface area contributed by atoms with Gasteiger partial charge in [0.05, 0.1) is 0 Å². The highest BCUT2D eigenvalue weighted by atomic mass is 16.4. The Morgan fingerprint density at radius 2 is 1.86 bits per heavy atom. The molecule has 0 saturated carbocycles. The van der Waals surface area contributed by atoms with Gasteiger partial charge in [0.25, 0.3) is 11.8 Å². The molecule has 1 unspecified atom stereocenters. The highest BCUT2D eigenvalue weighted by molar-refractivity contribution is 5.92. The molecule has 1 atom stereocenters. The first-order chi connectivity index (χ1) is 9.93. The number of furan rings is 1. The van der Waals surface area contributed by atoms with Crippen molar-refractivity contribution in [3.63, 3.8) is 0 Å². The van der Waals surface area contributed by atoms with Crippen LogP contribution in [0.2, 0.25) is 0 Å². The minimum Gasteiger partial charge on any atom is -0.456 e. The normalized spacial score (nSPS) is 17.0. The van der Waals surface area contributed by atoms with Crippen LogP contribution in [-0.4, -0.2) is 59.0 Å². The van der Waals surface area contributed by atoms with Crippen molar-refractivity contribution in [2.75, 3.05) is 26.2 Å². The maximum atomic E-state index is 12.4. The van der Waals surface area contributed by atoms with Crippen LogP contribution in [0.15, 0.2) is 10.5 Å². The van der Waals surface area contributed by atoms with E-state index in [2.05, 4.69) is 0 Å². The fraction of sp³-hybridized carbons (Fsp3) is 0.600. The molecule has 1 aliphatic rings. The zero-order valence-electron chi connectivity index (χ0n) is 12.8. The number of aliphatic hydroxyl groups excluding tert-OH is 1. The van der Waals surface area contributed by atoms with Crippen molar-refractivity contribution in [3.8, 4) is 0 Å². The fourth-order valence-corrected chi connectivity index (χ4v) is 2.53.